The maximum atomic E-state index is 12.2. The number of carbonyl (C=O) groups is 1. The summed E-state index contributed by atoms with van der Waals surface area (Å²) in [4.78, 5) is 27.4. The van der Waals surface area contributed by atoms with Crippen molar-refractivity contribution in [3.8, 4) is 6.01 Å². The highest BCUT2D eigenvalue weighted by Crippen LogP contribution is 2.33. The average Bonchev–Trinajstić information content (AvgIpc) is 2.68. The van der Waals surface area contributed by atoms with Crippen molar-refractivity contribution in [3.05, 3.63) is 36.8 Å². The van der Waals surface area contributed by atoms with Gasteiger partial charge in [0.2, 0.25) is 0 Å². The average molecular weight is 399 g/mol. The van der Waals surface area contributed by atoms with Gasteiger partial charge in [0.25, 0.3) is 0 Å². The molecule has 29 heavy (non-hydrogen) atoms. The Morgan fingerprint density at radius 2 is 1.93 bits per heavy atom. The second kappa shape index (κ2) is 9.07. The number of rotatable bonds is 5. The van der Waals surface area contributed by atoms with E-state index in [0.29, 0.717) is 6.01 Å². The van der Waals surface area contributed by atoms with Gasteiger partial charge in [-0.1, -0.05) is 6.07 Å². The van der Waals surface area contributed by atoms with Crippen molar-refractivity contribution >= 4 is 17.6 Å². The summed E-state index contributed by atoms with van der Waals surface area (Å²) in [6, 6.07) is 6.32. The van der Waals surface area contributed by atoms with Gasteiger partial charge in [-0.2, -0.15) is 0 Å². The molecule has 0 radical (unpaired) electrons. The normalized spacial score (nSPS) is 19.3. The molecule has 1 fully saturated rings. The van der Waals surface area contributed by atoms with E-state index in [1.54, 1.807) is 25.7 Å². The lowest BCUT2D eigenvalue weighted by atomic mass is 9.89. The Morgan fingerprint density at radius 3 is 2.55 bits per heavy atom. The van der Waals surface area contributed by atoms with Crippen molar-refractivity contribution < 1.29 is 14.3 Å². The number of hydrogen-bond acceptors (Lipinski definition) is 7. The van der Waals surface area contributed by atoms with Gasteiger partial charge in [0.15, 0.2) is 0 Å². The van der Waals surface area contributed by atoms with Crippen LogP contribution in [0.3, 0.4) is 0 Å². The van der Waals surface area contributed by atoms with Crippen molar-refractivity contribution in [2.75, 3.05) is 12.0 Å². The van der Waals surface area contributed by atoms with Gasteiger partial charge in [0, 0.05) is 18.3 Å². The zero-order chi connectivity index (χ0) is 20.9. The number of anilines is 2. The molecular formula is C21H29N5O3. The van der Waals surface area contributed by atoms with Crippen LogP contribution in [-0.2, 0) is 4.74 Å². The Bertz CT molecular complexity index is 792. The number of nitrogens with one attached hydrogen (secondary N) is 1. The van der Waals surface area contributed by atoms with Crippen LogP contribution in [0.25, 0.3) is 0 Å². The van der Waals surface area contributed by atoms with Crippen LogP contribution in [0, 0.1) is 0 Å². The summed E-state index contributed by atoms with van der Waals surface area (Å²) in [5, 5.41) is 3.02. The van der Waals surface area contributed by atoms with Crippen LogP contribution in [0.4, 0.5) is 16.3 Å². The van der Waals surface area contributed by atoms with Crippen molar-refractivity contribution in [3.63, 3.8) is 0 Å². The van der Waals surface area contributed by atoms with E-state index in [-0.39, 0.29) is 18.2 Å². The molecule has 2 unspecified atom stereocenters. The summed E-state index contributed by atoms with van der Waals surface area (Å²) < 4.78 is 10.5. The summed E-state index contributed by atoms with van der Waals surface area (Å²) in [5.41, 5.74) is 0.325. The molecule has 3 rings (SSSR count). The number of methoxy groups -OCH3 is 1. The summed E-state index contributed by atoms with van der Waals surface area (Å²) in [6.45, 7) is 5.59. The van der Waals surface area contributed by atoms with E-state index < -0.39 is 5.60 Å². The van der Waals surface area contributed by atoms with Crippen molar-refractivity contribution in [1.29, 1.82) is 0 Å². The number of aromatic nitrogens is 3. The first-order valence-electron chi connectivity index (χ1n) is 9.91. The fraction of sp³-hybridized carbons (Fsp3) is 0.524. The molecular weight excluding hydrogens is 370 g/mol. The van der Waals surface area contributed by atoms with Crippen LogP contribution < -0.4 is 15.0 Å². The summed E-state index contributed by atoms with van der Waals surface area (Å²) >= 11 is 0. The molecule has 0 saturated heterocycles. The Hall–Kier alpha value is -2.90. The molecule has 1 amide bonds. The van der Waals surface area contributed by atoms with E-state index in [4.69, 9.17) is 9.47 Å². The summed E-state index contributed by atoms with van der Waals surface area (Å²) in [5.74, 6) is 0.823. The number of hydrogen-bond donors (Lipinski definition) is 1. The fourth-order valence-corrected chi connectivity index (χ4v) is 3.57. The van der Waals surface area contributed by atoms with Crippen molar-refractivity contribution in [1.82, 2.24) is 20.3 Å². The second-order valence-corrected chi connectivity index (χ2v) is 8.15. The van der Waals surface area contributed by atoms with Crippen LogP contribution in [0.5, 0.6) is 6.01 Å². The predicted octanol–water partition coefficient (Wildman–Crippen LogP) is 3.85. The first kappa shape index (κ1) is 20.8. The Kier molecular flexibility index (Phi) is 6.51. The lowest BCUT2D eigenvalue weighted by Gasteiger charge is -2.38. The van der Waals surface area contributed by atoms with E-state index in [1.165, 1.54) is 0 Å². The smallest absolute Gasteiger partial charge is 0.407 e. The maximum absolute atomic E-state index is 12.2. The third-order valence-electron chi connectivity index (χ3n) is 4.70. The number of nitrogens with zero attached hydrogens (tertiary/aromatic N) is 4. The van der Waals surface area contributed by atoms with Crippen LogP contribution in [0.2, 0.25) is 0 Å². The van der Waals surface area contributed by atoms with Gasteiger partial charge in [0.05, 0.1) is 25.2 Å². The van der Waals surface area contributed by atoms with Crippen LogP contribution >= 0.6 is 0 Å². The van der Waals surface area contributed by atoms with E-state index >= 15 is 0 Å². The summed E-state index contributed by atoms with van der Waals surface area (Å²) in [6.07, 6.45) is 8.55. The topological polar surface area (TPSA) is 89.5 Å². The third-order valence-corrected chi connectivity index (χ3v) is 4.70. The maximum Gasteiger partial charge on any atom is 0.407 e. The van der Waals surface area contributed by atoms with E-state index in [2.05, 4.69) is 25.2 Å². The predicted molar refractivity (Wildman–Crippen MR) is 110 cm³/mol. The SMILES string of the molecule is COc1ncc(N(c2ccccn2)C2CCCC(NC(=O)OC(C)(C)C)C2)cn1. The van der Waals surface area contributed by atoms with E-state index in [0.717, 1.165) is 37.2 Å². The minimum atomic E-state index is -0.515. The Balaban J connectivity index is 1.79. The molecule has 8 nitrogen and oxygen atoms in total. The molecule has 1 saturated carbocycles. The molecule has 1 aliphatic rings. The van der Waals surface area contributed by atoms with Crippen molar-refractivity contribution in [2.45, 2.75) is 64.1 Å². The molecule has 2 aromatic rings. The standard InChI is InChI=1S/C21H29N5O3/c1-21(2,3)29-20(27)25-15-8-7-9-16(12-15)26(18-10-5-6-11-22-18)17-13-23-19(28-4)24-14-17/h5-6,10-11,13-16H,7-9,12H2,1-4H3,(H,25,27). The van der Waals surface area contributed by atoms with Gasteiger partial charge in [-0.3, -0.25) is 0 Å². The van der Waals surface area contributed by atoms with Gasteiger partial charge in [0.1, 0.15) is 11.4 Å². The molecule has 0 bridgehead atoms. The van der Waals surface area contributed by atoms with Gasteiger partial charge in [-0.15, -0.1) is 0 Å². The minimum absolute atomic E-state index is 0.0361. The molecule has 0 aromatic carbocycles. The number of amides is 1. The lowest BCUT2D eigenvalue weighted by molar-refractivity contribution is 0.0491. The molecule has 2 atom stereocenters. The van der Waals surface area contributed by atoms with Crippen LogP contribution in [0.1, 0.15) is 46.5 Å². The van der Waals surface area contributed by atoms with E-state index in [1.807, 2.05) is 39.0 Å². The quantitative estimate of drug-likeness (QED) is 0.816. The first-order chi connectivity index (χ1) is 13.9. The first-order valence-corrected chi connectivity index (χ1v) is 9.91. The van der Waals surface area contributed by atoms with Gasteiger partial charge in [-0.25, -0.2) is 19.7 Å². The third kappa shape index (κ3) is 5.79. The molecule has 156 valence electrons. The second-order valence-electron chi connectivity index (χ2n) is 8.15. The lowest BCUT2D eigenvalue weighted by Crippen LogP contribution is -2.46. The van der Waals surface area contributed by atoms with Crippen LogP contribution in [-0.4, -0.2) is 45.8 Å². The highest BCUT2D eigenvalue weighted by Gasteiger charge is 2.30. The molecule has 2 aromatic heterocycles. The van der Waals surface area contributed by atoms with Gasteiger partial charge in [-0.05, 0) is 58.6 Å². The Morgan fingerprint density at radius 1 is 1.17 bits per heavy atom. The zero-order valence-electron chi connectivity index (χ0n) is 17.5. The van der Waals surface area contributed by atoms with Gasteiger partial charge < -0.3 is 19.7 Å². The fourth-order valence-electron chi connectivity index (χ4n) is 3.57. The molecule has 0 aliphatic heterocycles. The van der Waals surface area contributed by atoms with E-state index in [9.17, 15) is 4.79 Å². The number of carbonyl (C=O) groups excluding carboxylic acids is 1. The number of alkyl carbamates (subject to hydrolysis) is 1. The monoisotopic (exact) mass is 399 g/mol. The number of pyridine rings is 1. The molecule has 8 heteroatoms. The minimum Gasteiger partial charge on any atom is -0.467 e. The van der Waals surface area contributed by atoms with Crippen molar-refractivity contribution in [2.24, 2.45) is 0 Å². The van der Waals surface area contributed by atoms with Crippen LogP contribution in [0.15, 0.2) is 36.8 Å². The summed E-state index contributed by atoms with van der Waals surface area (Å²) in [7, 11) is 1.54. The molecule has 2 heterocycles. The zero-order valence-corrected chi connectivity index (χ0v) is 17.5. The van der Waals surface area contributed by atoms with Gasteiger partial charge >= 0.3 is 12.1 Å². The highest BCUT2D eigenvalue weighted by molar-refractivity contribution is 5.68. The number of ether oxygens (including phenoxy) is 2. The molecule has 1 N–H and O–H groups in total. The molecule has 1 aliphatic carbocycles. The Labute approximate surface area is 171 Å². The largest absolute Gasteiger partial charge is 0.467 e. The molecule has 0 spiro atoms. The highest BCUT2D eigenvalue weighted by atomic mass is 16.6.